The Morgan fingerprint density at radius 3 is 2.50 bits per heavy atom. The summed E-state index contributed by atoms with van der Waals surface area (Å²) >= 11 is 0. The van der Waals surface area contributed by atoms with E-state index in [1.807, 2.05) is 0 Å². The van der Waals surface area contributed by atoms with Gasteiger partial charge in [0.2, 0.25) is 0 Å². The van der Waals surface area contributed by atoms with Crippen LogP contribution < -0.4 is 0 Å². The minimum Gasteiger partial charge on any atom is -0.293 e. The maximum absolute atomic E-state index is 13.9. The van der Waals surface area contributed by atoms with Crippen molar-refractivity contribution >= 4 is 5.57 Å². The fourth-order valence-corrected chi connectivity index (χ4v) is 3.10. The fraction of sp³-hybridized carbons (Fsp3) is 0.556. The van der Waals surface area contributed by atoms with Gasteiger partial charge in [-0.15, -0.1) is 0 Å². The molecule has 1 aliphatic heterocycles. The number of aryl methyl sites for hydroxylation is 1. The van der Waals surface area contributed by atoms with E-state index in [0.717, 1.165) is 13.0 Å². The van der Waals surface area contributed by atoms with Gasteiger partial charge in [0.05, 0.1) is 0 Å². The highest BCUT2D eigenvalue weighted by atomic mass is 19.1. The molecule has 0 aliphatic carbocycles. The Morgan fingerprint density at radius 2 is 1.90 bits per heavy atom. The number of hydrogen-bond acceptors (Lipinski definition) is 1. The summed E-state index contributed by atoms with van der Waals surface area (Å²) in [4.78, 5) is 2.26. The molecule has 2 rings (SSSR count). The normalized spacial score (nSPS) is 21.4. The lowest BCUT2D eigenvalue weighted by atomic mass is 9.87. The molecule has 0 N–H and O–H groups in total. The molecule has 20 heavy (non-hydrogen) atoms. The monoisotopic (exact) mass is 275 g/mol. The highest BCUT2D eigenvalue weighted by Crippen LogP contribution is 2.33. The first-order valence-corrected chi connectivity index (χ1v) is 7.45. The second-order valence-corrected chi connectivity index (χ2v) is 6.75. The van der Waals surface area contributed by atoms with Gasteiger partial charge in [0.1, 0.15) is 5.67 Å². The van der Waals surface area contributed by atoms with Crippen molar-refractivity contribution in [2.45, 2.75) is 52.8 Å². The molecule has 2 heteroatoms. The molecule has 0 bridgehead atoms. The van der Waals surface area contributed by atoms with E-state index >= 15 is 0 Å². The summed E-state index contributed by atoms with van der Waals surface area (Å²) in [7, 11) is 0. The lowest BCUT2D eigenvalue weighted by Crippen LogP contribution is -2.44. The zero-order chi connectivity index (χ0) is 14.9. The van der Waals surface area contributed by atoms with Crippen LogP contribution in [0.3, 0.4) is 0 Å². The van der Waals surface area contributed by atoms with Crippen LogP contribution in [0.5, 0.6) is 0 Å². The molecule has 1 nitrogen and oxygen atoms in total. The summed E-state index contributed by atoms with van der Waals surface area (Å²) in [6, 6.07) is 8.94. The smallest absolute Gasteiger partial charge is 0.118 e. The topological polar surface area (TPSA) is 3.24 Å². The van der Waals surface area contributed by atoms with Gasteiger partial charge in [0.15, 0.2) is 0 Å². The first-order chi connectivity index (χ1) is 9.28. The zero-order valence-corrected chi connectivity index (χ0v) is 13.3. The van der Waals surface area contributed by atoms with E-state index < -0.39 is 5.67 Å². The first-order valence-electron chi connectivity index (χ1n) is 7.45. The van der Waals surface area contributed by atoms with Gasteiger partial charge in [0.25, 0.3) is 0 Å². The van der Waals surface area contributed by atoms with Crippen LogP contribution in [-0.4, -0.2) is 29.7 Å². The SMILES string of the molecule is CC1=C(c2ccccc2C)C[C@@H](C)N(CC(C)(C)F)C1. The number of alkyl halides is 1. The molecule has 0 aromatic heterocycles. The van der Waals surface area contributed by atoms with Crippen molar-refractivity contribution in [1.29, 1.82) is 0 Å². The summed E-state index contributed by atoms with van der Waals surface area (Å²) in [5.74, 6) is 0. The van der Waals surface area contributed by atoms with Crippen LogP contribution in [0.15, 0.2) is 29.8 Å². The average Bonchev–Trinajstić information content (AvgIpc) is 2.33. The van der Waals surface area contributed by atoms with Crippen LogP contribution in [0.1, 0.15) is 45.2 Å². The Morgan fingerprint density at radius 1 is 1.25 bits per heavy atom. The van der Waals surface area contributed by atoms with E-state index in [2.05, 4.69) is 49.9 Å². The van der Waals surface area contributed by atoms with Crippen LogP contribution in [0.25, 0.3) is 5.57 Å². The molecule has 1 aromatic rings. The Labute approximate surface area is 122 Å². The molecular weight excluding hydrogens is 249 g/mol. The van der Waals surface area contributed by atoms with E-state index in [1.165, 1.54) is 22.3 Å². The predicted molar refractivity (Wildman–Crippen MR) is 84.6 cm³/mol. The number of nitrogens with zero attached hydrogens (tertiary/aromatic N) is 1. The molecule has 0 saturated heterocycles. The summed E-state index contributed by atoms with van der Waals surface area (Å²) in [6.07, 6.45) is 1.01. The van der Waals surface area contributed by atoms with E-state index in [9.17, 15) is 4.39 Å². The molecule has 110 valence electrons. The lowest BCUT2D eigenvalue weighted by molar-refractivity contribution is 0.104. The summed E-state index contributed by atoms with van der Waals surface area (Å²) in [5, 5.41) is 0. The quantitative estimate of drug-likeness (QED) is 0.778. The van der Waals surface area contributed by atoms with E-state index in [-0.39, 0.29) is 0 Å². The van der Waals surface area contributed by atoms with Gasteiger partial charge in [-0.3, -0.25) is 4.90 Å². The van der Waals surface area contributed by atoms with Crippen molar-refractivity contribution in [1.82, 2.24) is 4.90 Å². The van der Waals surface area contributed by atoms with Crippen LogP contribution in [0.2, 0.25) is 0 Å². The Kier molecular flexibility index (Phi) is 4.33. The Hall–Kier alpha value is -1.15. The van der Waals surface area contributed by atoms with Crippen LogP contribution in [-0.2, 0) is 0 Å². The summed E-state index contributed by atoms with van der Waals surface area (Å²) < 4.78 is 13.9. The minimum atomic E-state index is -1.13. The second kappa shape index (κ2) is 5.69. The number of rotatable bonds is 3. The molecule has 0 spiro atoms. The Bertz CT molecular complexity index is 510. The van der Waals surface area contributed by atoms with Crippen LogP contribution in [0, 0.1) is 6.92 Å². The number of halogens is 1. The maximum Gasteiger partial charge on any atom is 0.118 e. The summed E-state index contributed by atoms with van der Waals surface area (Å²) in [6.45, 7) is 11.3. The van der Waals surface area contributed by atoms with E-state index in [4.69, 9.17) is 0 Å². The number of hydrogen-bond donors (Lipinski definition) is 0. The van der Waals surface area contributed by atoms with E-state index in [0.29, 0.717) is 12.6 Å². The fourth-order valence-electron chi connectivity index (χ4n) is 3.10. The van der Waals surface area contributed by atoms with Crippen molar-refractivity contribution in [2.75, 3.05) is 13.1 Å². The second-order valence-electron chi connectivity index (χ2n) is 6.75. The van der Waals surface area contributed by atoms with Crippen molar-refractivity contribution in [2.24, 2.45) is 0 Å². The molecule has 1 atom stereocenters. The van der Waals surface area contributed by atoms with Gasteiger partial charge in [-0.1, -0.05) is 29.8 Å². The van der Waals surface area contributed by atoms with E-state index in [1.54, 1.807) is 13.8 Å². The molecule has 1 aromatic carbocycles. The third-order valence-electron chi connectivity index (χ3n) is 4.13. The van der Waals surface area contributed by atoms with Gasteiger partial charge >= 0.3 is 0 Å². The molecule has 1 heterocycles. The highest BCUT2D eigenvalue weighted by Gasteiger charge is 2.29. The van der Waals surface area contributed by atoms with Crippen LogP contribution >= 0.6 is 0 Å². The maximum atomic E-state index is 13.9. The molecule has 0 radical (unpaired) electrons. The highest BCUT2D eigenvalue weighted by molar-refractivity contribution is 5.72. The van der Waals surface area contributed by atoms with Gasteiger partial charge in [0, 0.05) is 19.1 Å². The van der Waals surface area contributed by atoms with Gasteiger partial charge in [-0.2, -0.15) is 0 Å². The number of benzene rings is 1. The minimum absolute atomic E-state index is 0.392. The van der Waals surface area contributed by atoms with Crippen molar-refractivity contribution in [3.8, 4) is 0 Å². The Balaban J connectivity index is 2.26. The third-order valence-corrected chi connectivity index (χ3v) is 4.13. The molecule has 0 amide bonds. The standard InChI is InChI=1S/C18H26FN/c1-13-8-6-7-9-16(13)17-10-15(3)20(11-14(17)2)12-18(4,5)19/h6-9,15H,10-12H2,1-5H3/t15-/m1/s1. The molecule has 0 saturated carbocycles. The molecule has 0 fully saturated rings. The summed E-state index contributed by atoms with van der Waals surface area (Å²) in [5.41, 5.74) is 4.38. The van der Waals surface area contributed by atoms with Gasteiger partial charge in [-0.25, -0.2) is 4.39 Å². The molecule has 0 unspecified atom stereocenters. The largest absolute Gasteiger partial charge is 0.293 e. The van der Waals surface area contributed by atoms with Crippen molar-refractivity contribution in [3.05, 3.63) is 41.0 Å². The van der Waals surface area contributed by atoms with Gasteiger partial charge < -0.3 is 0 Å². The third kappa shape index (κ3) is 3.49. The predicted octanol–water partition coefficient (Wildman–Crippen LogP) is 4.61. The van der Waals surface area contributed by atoms with Crippen molar-refractivity contribution < 1.29 is 4.39 Å². The lowest BCUT2D eigenvalue weighted by Gasteiger charge is -2.38. The van der Waals surface area contributed by atoms with Crippen LogP contribution in [0.4, 0.5) is 4.39 Å². The average molecular weight is 275 g/mol. The first kappa shape index (κ1) is 15.2. The zero-order valence-electron chi connectivity index (χ0n) is 13.3. The van der Waals surface area contributed by atoms with Gasteiger partial charge in [-0.05, 0) is 57.7 Å². The molecule has 1 aliphatic rings. The van der Waals surface area contributed by atoms with Crippen molar-refractivity contribution in [3.63, 3.8) is 0 Å². The molecular formula is C18H26FN.